The minimum Gasteiger partial charge on any atom is -0.461 e. The number of benzene rings is 1. The van der Waals surface area contributed by atoms with Gasteiger partial charge in [-0.25, -0.2) is 4.79 Å². The third-order valence-corrected chi connectivity index (χ3v) is 4.43. The Bertz CT molecular complexity index is 708. The number of amides is 2. The number of piperazine rings is 1. The van der Waals surface area contributed by atoms with E-state index in [-0.39, 0.29) is 11.8 Å². The molecule has 1 saturated heterocycles. The van der Waals surface area contributed by atoms with Crippen molar-refractivity contribution >= 4 is 23.4 Å². The summed E-state index contributed by atoms with van der Waals surface area (Å²) in [7, 11) is 0. The maximum atomic E-state index is 12.2. The highest BCUT2D eigenvalue weighted by molar-refractivity contribution is 6.30. The number of halogens is 1. The van der Waals surface area contributed by atoms with Gasteiger partial charge in [-0.3, -0.25) is 9.69 Å². The van der Waals surface area contributed by atoms with Gasteiger partial charge in [0.15, 0.2) is 5.76 Å². The molecule has 6 nitrogen and oxygen atoms in total. The fourth-order valence-corrected chi connectivity index (χ4v) is 2.85. The van der Waals surface area contributed by atoms with Crippen LogP contribution in [0.25, 0.3) is 0 Å². The number of carbonyl (C=O) groups is 2. The molecule has 7 heteroatoms. The van der Waals surface area contributed by atoms with Crippen LogP contribution in [0.2, 0.25) is 5.02 Å². The molecule has 1 aliphatic heterocycles. The van der Waals surface area contributed by atoms with E-state index < -0.39 is 0 Å². The van der Waals surface area contributed by atoms with Gasteiger partial charge in [-0.1, -0.05) is 23.7 Å². The van der Waals surface area contributed by atoms with E-state index in [4.69, 9.17) is 16.0 Å². The van der Waals surface area contributed by atoms with Crippen molar-refractivity contribution in [1.82, 2.24) is 15.1 Å². The molecule has 2 aromatic rings. The molecule has 0 spiro atoms. The van der Waals surface area contributed by atoms with E-state index >= 15 is 0 Å². The van der Waals surface area contributed by atoms with Gasteiger partial charge < -0.3 is 14.6 Å². The number of hydrogen-bond acceptors (Lipinski definition) is 4. The van der Waals surface area contributed by atoms with Crippen molar-refractivity contribution in [3.05, 3.63) is 59.0 Å². The van der Waals surface area contributed by atoms with E-state index in [1.807, 2.05) is 17.0 Å². The maximum Gasteiger partial charge on any atom is 0.317 e. The quantitative estimate of drug-likeness (QED) is 0.831. The topological polar surface area (TPSA) is 65.8 Å². The highest BCUT2D eigenvalue weighted by Gasteiger charge is 2.23. The van der Waals surface area contributed by atoms with Crippen molar-refractivity contribution in [2.75, 3.05) is 32.7 Å². The molecule has 0 radical (unpaired) electrons. The average Bonchev–Trinajstić information content (AvgIpc) is 3.16. The maximum absolute atomic E-state index is 12.2. The number of nitrogens with zero attached hydrogens (tertiary/aromatic N) is 2. The Morgan fingerprint density at radius 3 is 2.44 bits per heavy atom. The number of rotatable bonds is 5. The molecule has 0 aliphatic carbocycles. The number of hydrogen-bond donors (Lipinski definition) is 1. The number of urea groups is 1. The molecule has 132 valence electrons. The number of nitrogens with one attached hydrogen (secondary N) is 1. The predicted molar refractivity (Wildman–Crippen MR) is 94.7 cm³/mol. The van der Waals surface area contributed by atoms with Gasteiger partial charge in [-0.15, -0.1) is 0 Å². The first-order chi connectivity index (χ1) is 12.1. The summed E-state index contributed by atoms with van der Waals surface area (Å²) in [5.41, 5.74) is 1.00. The Labute approximate surface area is 151 Å². The molecule has 1 N–H and O–H groups in total. The Kier molecular flexibility index (Phi) is 5.73. The second-order valence-corrected chi connectivity index (χ2v) is 6.39. The Balaban J connectivity index is 1.41. The minimum atomic E-state index is -0.0908. The molecule has 2 amide bonds. The zero-order chi connectivity index (χ0) is 17.6. The van der Waals surface area contributed by atoms with E-state index in [0.29, 0.717) is 50.1 Å². The SMILES string of the molecule is O=C(CN1CCN(C(=O)NCc2ccc(Cl)cc2)CC1)c1ccco1. The summed E-state index contributed by atoms with van der Waals surface area (Å²) < 4.78 is 5.12. The van der Waals surface area contributed by atoms with Crippen LogP contribution in [0.1, 0.15) is 16.1 Å². The second-order valence-electron chi connectivity index (χ2n) is 5.95. The van der Waals surface area contributed by atoms with E-state index in [2.05, 4.69) is 5.32 Å². The first-order valence-corrected chi connectivity index (χ1v) is 8.56. The summed E-state index contributed by atoms with van der Waals surface area (Å²) in [6.45, 7) is 3.30. The lowest BCUT2D eigenvalue weighted by Crippen LogP contribution is -2.52. The van der Waals surface area contributed by atoms with Crippen LogP contribution in [0.15, 0.2) is 47.1 Å². The van der Waals surface area contributed by atoms with Crippen molar-refractivity contribution in [1.29, 1.82) is 0 Å². The van der Waals surface area contributed by atoms with E-state index in [0.717, 1.165) is 5.56 Å². The fourth-order valence-electron chi connectivity index (χ4n) is 2.72. The number of furan rings is 1. The number of carbonyl (C=O) groups excluding carboxylic acids is 2. The molecule has 0 atom stereocenters. The molecule has 1 fully saturated rings. The van der Waals surface area contributed by atoms with Crippen LogP contribution >= 0.6 is 11.6 Å². The van der Waals surface area contributed by atoms with Gasteiger partial charge in [0.05, 0.1) is 12.8 Å². The zero-order valence-corrected chi connectivity index (χ0v) is 14.5. The summed E-state index contributed by atoms with van der Waals surface area (Å²) >= 11 is 5.85. The van der Waals surface area contributed by atoms with Crippen LogP contribution in [0.5, 0.6) is 0 Å². The molecule has 1 aromatic heterocycles. The molecule has 3 rings (SSSR count). The van der Waals surface area contributed by atoms with Crippen molar-refractivity contribution in [3.63, 3.8) is 0 Å². The Morgan fingerprint density at radius 2 is 1.80 bits per heavy atom. The molecule has 25 heavy (non-hydrogen) atoms. The number of ketones is 1. The monoisotopic (exact) mass is 361 g/mol. The van der Waals surface area contributed by atoms with Crippen molar-refractivity contribution in [2.24, 2.45) is 0 Å². The van der Waals surface area contributed by atoms with E-state index in [1.54, 1.807) is 29.2 Å². The van der Waals surface area contributed by atoms with Gasteiger partial charge in [0.2, 0.25) is 5.78 Å². The van der Waals surface area contributed by atoms with Gasteiger partial charge in [0.1, 0.15) is 0 Å². The first kappa shape index (κ1) is 17.5. The van der Waals surface area contributed by atoms with Crippen molar-refractivity contribution < 1.29 is 14.0 Å². The fraction of sp³-hybridized carbons (Fsp3) is 0.333. The van der Waals surface area contributed by atoms with Crippen LogP contribution in [0, 0.1) is 0 Å². The molecule has 0 unspecified atom stereocenters. The minimum absolute atomic E-state index is 0.0364. The molecular formula is C18H20ClN3O3. The van der Waals surface area contributed by atoms with Gasteiger partial charge in [-0.05, 0) is 29.8 Å². The first-order valence-electron chi connectivity index (χ1n) is 8.18. The van der Waals surface area contributed by atoms with E-state index in [1.165, 1.54) is 6.26 Å². The molecular weight excluding hydrogens is 342 g/mol. The summed E-state index contributed by atoms with van der Waals surface area (Å²) in [6.07, 6.45) is 1.50. The van der Waals surface area contributed by atoms with Crippen LogP contribution in [-0.4, -0.2) is 54.3 Å². The molecule has 0 saturated carbocycles. The lowest BCUT2D eigenvalue weighted by Gasteiger charge is -2.34. The summed E-state index contributed by atoms with van der Waals surface area (Å²) in [5.74, 6) is 0.341. The third kappa shape index (κ3) is 4.84. The predicted octanol–water partition coefficient (Wildman–Crippen LogP) is 2.64. The van der Waals surface area contributed by atoms with Gasteiger partial charge in [0, 0.05) is 37.7 Å². The molecule has 1 aliphatic rings. The largest absolute Gasteiger partial charge is 0.461 e. The van der Waals surface area contributed by atoms with Gasteiger partial charge in [-0.2, -0.15) is 0 Å². The lowest BCUT2D eigenvalue weighted by atomic mass is 10.2. The van der Waals surface area contributed by atoms with Crippen LogP contribution in [-0.2, 0) is 6.54 Å². The normalized spacial score (nSPS) is 15.2. The average molecular weight is 362 g/mol. The molecule has 0 bridgehead atoms. The summed E-state index contributed by atoms with van der Waals surface area (Å²) in [6, 6.07) is 10.7. The number of Topliss-reactive ketones (excluding diaryl/α,β-unsaturated/α-hetero) is 1. The molecule has 2 heterocycles. The summed E-state index contributed by atoms with van der Waals surface area (Å²) in [4.78, 5) is 28.1. The van der Waals surface area contributed by atoms with Gasteiger partial charge in [0.25, 0.3) is 0 Å². The van der Waals surface area contributed by atoms with Gasteiger partial charge >= 0.3 is 6.03 Å². The summed E-state index contributed by atoms with van der Waals surface area (Å²) in [5, 5.41) is 3.59. The highest BCUT2D eigenvalue weighted by Crippen LogP contribution is 2.10. The third-order valence-electron chi connectivity index (χ3n) is 4.18. The van der Waals surface area contributed by atoms with Crippen LogP contribution in [0.3, 0.4) is 0 Å². The van der Waals surface area contributed by atoms with Crippen LogP contribution < -0.4 is 5.32 Å². The van der Waals surface area contributed by atoms with Crippen molar-refractivity contribution in [2.45, 2.75) is 6.54 Å². The smallest absolute Gasteiger partial charge is 0.317 e. The van der Waals surface area contributed by atoms with Crippen LogP contribution in [0.4, 0.5) is 4.79 Å². The van der Waals surface area contributed by atoms with Crippen molar-refractivity contribution in [3.8, 4) is 0 Å². The molecule has 1 aromatic carbocycles. The van der Waals surface area contributed by atoms with E-state index in [9.17, 15) is 9.59 Å². The Hall–Kier alpha value is -2.31. The highest BCUT2D eigenvalue weighted by atomic mass is 35.5. The Morgan fingerprint density at radius 1 is 1.08 bits per heavy atom. The second kappa shape index (κ2) is 8.18. The standard InChI is InChI=1S/C18H20ClN3O3/c19-15-5-3-14(4-6-15)12-20-18(24)22-9-7-21(8-10-22)13-16(23)17-2-1-11-25-17/h1-6,11H,7-10,12-13H2,(H,20,24). The lowest BCUT2D eigenvalue weighted by molar-refractivity contribution is 0.0852. The zero-order valence-electron chi connectivity index (χ0n) is 13.8.